The summed E-state index contributed by atoms with van der Waals surface area (Å²) >= 11 is -2.20. The highest BCUT2D eigenvalue weighted by molar-refractivity contribution is 7.78. The fraction of sp³-hybridized carbons (Fsp3) is 0.308. The Morgan fingerprint density at radius 3 is 2.36 bits per heavy atom. The molecule has 1 aromatic carbocycles. The lowest BCUT2D eigenvalue weighted by Gasteiger charge is -2.08. The number of oxime groups is 1. The van der Waals surface area contributed by atoms with Crippen molar-refractivity contribution in [1.82, 2.24) is 0 Å². The quantitative estimate of drug-likeness (QED) is 0.235. The second kappa shape index (κ2) is 8.90. The molecule has 0 aromatic heterocycles. The van der Waals surface area contributed by atoms with Crippen molar-refractivity contribution in [2.75, 3.05) is 6.61 Å². The fourth-order valence-corrected chi connectivity index (χ4v) is 1.99. The third-order valence-corrected chi connectivity index (χ3v) is 3.17. The van der Waals surface area contributed by atoms with Crippen LogP contribution in [0.25, 0.3) is 0 Å². The van der Waals surface area contributed by atoms with Crippen molar-refractivity contribution in [2.45, 2.75) is 18.6 Å². The van der Waals surface area contributed by atoms with Gasteiger partial charge in [-0.3, -0.25) is 13.8 Å². The molecule has 1 aromatic rings. The van der Waals surface area contributed by atoms with Crippen molar-refractivity contribution < 1.29 is 33.4 Å². The minimum Gasteiger partial charge on any atom is -0.772 e. The first kappa shape index (κ1) is 17.8. The molecule has 8 nitrogen and oxygen atoms in total. The summed E-state index contributed by atoms with van der Waals surface area (Å²) in [6, 6.07) is 6.15. The number of benzene rings is 1. The summed E-state index contributed by atoms with van der Waals surface area (Å²) in [6.07, 6.45) is -0.617. The summed E-state index contributed by atoms with van der Waals surface area (Å²) in [6.45, 7) is -0.318. The minimum atomic E-state index is -2.20. The van der Waals surface area contributed by atoms with Gasteiger partial charge >= 0.3 is 11.9 Å². The maximum Gasteiger partial charge on any atom is 0.306 e. The van der Waals surface area contributed by atoms with Crippen molar-refractivity contribution in [1.29, 1.82) is 0 Å². The van der Waals surface area contributed by atoms with E-state index in [9.17, 15) is 18.4 Å². The predicted octanol–water partition coefficient (Wildman–Crippen LogP) is 0.652. The molecule has 0 bridgehead atoms. The summed E-state index contributed by atoms with van der Waals surface area (Å²) in [5.74, 6) is -1.96. The standard InChI is InChI=1S/C13H15NO7S/c15-12(16)5-6-13(17)21-7-11(14-18)10-3-1-9(2-4-10)8-22(19)20/h1-4,18H,5-8H2,(H,15,16)(H,19,20)/p-1. The second-order valence-electron chi connectivity index (χ2n) is 4.25. The Morgan fingerprint density at radius 2 is 1.86 bits per heavy atom. The number of esters is 1. The lowest BCUT2D eigenvalue weighted by Crippen LogP contribution is -2.16. The number of aliphatic carboxylic acids is 1. The molecule has 0 saturated carbocycles. The molecular weight excluding hydrogens is 314 g/mol. The summed E-state index contributed by atoms with van der Waals surface area (Å²) in [7, 11) is 0. The number of carbonyl (C=O) groups excluding carboxylic acids is 1. The van der Waals surface area contributed by atoms with Gasteiger partial charge in [-0.15, -0.1) is 0 Å². The maximum absolute atomic E-state index is 11.3. The van der Waals surface area contributed by atoms with Gasteiger partial charge in [0.05, 0.1) is 12.8 Å². The number of carboxylic acids is 1. The topological polar surface area (TPSA) is 136 Å². The second-order valence-corrected chi connectivity index (χ2v) is 5.14. The summed E-state index contributed by atoms with van der Waals surface area (Å²) in [4.78, 5) is 21.6. The van der Waals surface area contributed by atoms with Crippen LogP contribution in [0.2, 0.25) is 0 Å². The zero-order valence-electron chi connectivity index (χ0n) is 11.4. The molecule has 0 spiro atoms. The molecule has 2 N–H and O–H groups in total. The van der Waals surface area contributed by atoms with Gasteiger partial charge in [-0.2, -0.15) is 0 Å². The molecule has 0 fully saturated rings. The van der Waals surface area contributed by atoms with Crippen LogP contribution < -0.4 is 0 Å². The van der Waals surface area contributed by atoms with Crippen LogP contribution in [0.1, 0.15) is 24.0 Å². The van der Waals surface area contributed by atoms with Gasteiger partial charge in [0.1, 0.15) is 12.3 Å². The number of carboxylic acid groups (broad SMARTS) is 1. The van der Waals surface area contributed by atoms with Gasteiger partial charge in [0, 0.05) is 11.3 Å². The number of rotatable bonds is 8. The summed E-state index contributed by atoms with van der Waals surface area (Å²) < 4.78 is 25.9. The van der Waals surface area contributed by atoms with Crippen molar-refractivity contribution in [3.63, 3.8) is 0 Å². The van der Waals surface area contributed by atoms with Crippen LogP contribution in [0.15, 0.2) is 29.4 Å². The SMILES string of the molecule is O=C(O)CCC(=O)OCC(=NO)c1ccc(CS(=O)[O-])cc1. The average Bonchev–Trinajstić information content (AvgIpc) is 2.46. The zero-order chi connectivity index (χ0) is 16.5. The Kier molecular flexibility index (Phi) is 7.20. The van der Waals surface area contributed by atoms with E-state index in [4.69, 9.17) is 15.1 Å². The molecular formula is C13H14NO7S-. The molecule has 0 saturated heterocycles. The molecule has 0 aliphatic heterocycles. The summed E-state index contributed by atoms with van der Waals surface area (Å²) in [5.41, 5.74) is 1.08. The van der Waals surface area contributed by atoms with Crippen LogP contribution in [-0.2, 0) is 31.2 Å². The van der Waals surface area contributed by atoms with E-state index in [1.807, 2.05) is 0 Å². The highest BCUT2D eigenvalue weighted by atomic mass is 32.2. The van der Waals surface area contributed by atoms with Crippen molar-refractivity contribution in [3.8, 4) is 0 Å². The van der Waals surface area contributed by atoms with Gasteiger partial charge in [0.25, 0.3) is 0 Å². The molecule has 0 amide bonds. The average molecular weight is 328 g/mol. The molecule has 0 aliphatic carbocycles. The van der Waals surface area contributed by atoms with E-state index in [0.717, 1.165) is 0 Å². The number of hydrogen-bond acceptors (Lipinski definition) is 7. The Labute approximate surface area is 128 Å². The number of carbonyl (C=O) groups is 2. The van der Waals surface area contributed by atoms with Gasteiger partial charge in [0.2, 0.25) is 0 Å². The van der Waals surface area contributed by atoms with Crippen LogP contribution in [0.3, 0.4) is 0 Å². The van der Waals surface area contributed by atoms with Crippen LogP contribution >= 0.6 is 0 Å². The number of ether oxygens (including phenoxy) is 1. The Morgan fingerprint density at radius 1 is 1.23 bits per heavy atom. The molecule has 1 unspecified atom stereocenters. The van der Waals surface area contributed by atoms with E-state index in [-0.39, 0.29) is 30.9 Å². The molecule has 0 radical (unpaired) electrons. The lowest BCUT2D eigenvalue weighted by molar-refractivity contribution is -0.146. The number of nitrogens with zero attached hydrogens (tertiary/aromatic N) is 1. The number of hydrogen-bond donors (Lipinski definition) is 2. The molecule has 0 heterocycles. The maximum atomic E-state index is 11.3. The molecule has 22 heavy (non-hydrogen) atoms. The third kappa shape index (κ3) is 6.46. The first-order chi connectivity index (χ1) is 10.4. The van der Waals surface area contributed by atoms with E-state index in [1.165, 1.54) is 12.1 Å². The van der Waals surface area contributed by atoms with Gasteiger partial charge < -0.3 is 19.6 Å². The van der Waals surface area contributed by atoms with Gasteiger partial charge in [-0.1, -0.05) is 40.5 Å². The Balaban J connectivity index is 2.59. The van der Waals surface area contributed by atoms with E-state index in [2.05, 4.69) is 5.16 Å². The smallest absolute Gasteiger partial charge is 0.306 e. The Bertz CT molecular complexity index is 583. The molecule has 9 heteroatoms. The predicted molar refractivity (Wildman–Crippen MR) is 75.2 cm³/mol. The first-order valence-corrected chi connectivity index (χ1v) is 7.40. The van der Waals surface area contributed by atoms with E-state index in [0.29, 0.717) is 11.1 Å². The van der Waals surface area contributed by atoms with Gasteiger partial charge in [-0.05, 0) is 5.56 Å². The molecule has 1 atom stereocenters. The summed E-state index contributed by atoms with van der Waals surface area (Å²) in [5, 5.41) is 20.4. The monoisotopic (exact) mass is 328 g/mol. The van der Waals surface area contributed by atoms with E-state index in [1.54, 1.807) is 12.1 Å². The van der Waals surface area contributed by atoms with Crippen molar-refractivity contribution >= 4 is 28.7 Å². The van der Waals surface area contributed by atoms with E-state index >= 15 is 0 Å². The largest absolute Gasteiger partial charge is 0.772 e. The molecule has 0 aliphatic rings. The van der Waals surface area contributed by atoms with Gasteiger partial charge in [0.15, 0.2) is 0 Å². The van der Waals surface area contributed by atoms with Crippen molar-refractivity contribution in [3.05, 3.63) is 35.4 Å². The third-order valence-electron chi connectivity index (χ3n) is 2.61. The molecule has 1 rings (SSSR count). The van der Waals surface area contributed by atoms with Crippen LogP contribution in [0, 0.1) is 0 Å². The van der Waals surface area contributed by atoms with Crippen LogP contribution in [-0.4, -0.2) is 43.3 Å². The van der Waals surface area contributed by atoms with Gasteiger partial charge in [-0.25, -0.2) is 0 Å². The lowest BCUT2D eigenvalue weighted by atomic mass is 10.1. The zero-order valence-corrected chi connectivity index (χ0v) is 12.2. The van der Waals surface area contributed by atoms with Crippen LogP contribution in [0.5, 0.6) is 0 Å². The molecule has 120 valence electrons. The highest BCUT2D eigenvalue weighted by Gasteiger charge is 2.10. The normalized spacial score (nSPS) is 12.7. The van der Waals surface area contributed by atoms with Crippen molar-refractivity contribution in [2.24, 2.45) is 5.16 Å². The first-order valence-electron chi connectivity index (χ1n) is 6.16. The van der Waals surface area contributed by atoms with E-state index < -0.39 is 23.0 Å². The minimum absolute atomic E-state index is 0.0680. The van der Waals surface area contributed by atoms with Crippen LogP contribution in [0.4, 0.5) is 0 Å². The fourth-order valence-electron chi connectivity index (χ4n) is 1.53. The Hall–Kier alpha value is -2.26. The highest BCUT2D eigenvalue weighted by Crippen LogP contribution is 2.08.